The van der Waals surface area contributed by atoms with E-state index >= 15 is 0 Å². The number of hydrogen-bond acceptors (Lipinski definition) is 3. The van der Waals surface area contributed by atoms with E-state index in [-0.39, 0.29) is 11.8 Å². The van der Waals surface area contributed by atoms with Gasteiger partial charge in [0.2, 0.25) is 5.91 Å². The zero-order valence-corrected chi connectivity index (χ0v) is 14.6. The molecular formula is C19H20ClN3O2. The van der Waals surface area contributed by atoms with E-state index in [0.29, 0.717) is 29.2 Å². The molecule has 5 nitrogen and oxygen atoms in total. The Balaban J connectivity index is 1.80. The molecule has 1 aromatic carbocycles. The second kappa shape index (κ2) is 7.66. The minimum Gasteiger partial charge on any atom is -0.336 e. The van der Waals surface area contributed by atoms with E-state index in [1.807, 2.05) is 0 Å². The van der Waals surface area contributed by atoms with Crippen LogP contribution in [-0.2, 0) is 4.79 Å². The van der Waals surface area contributed by atoms with Crippen LogP contribution >= 0.6 is 11.6 Å². The minimum absolute atomic E-state index is 0.209. The Kier molecular flexibility index (Phi) is 5.34. The Labute approximate surface area is 151 Å². The number of rotatable bonds is 4. The van der Waals surface area contributed by atoms with Gasteiger partial charge in [0.05, 0.1) is 0 Å². The molecule has 0 aliphatic heterocycles. The van der Waals surface area contributed by atoms with E-state index in [1.54, 1.807) is 48.7 Å². The van der Waals surface area contributed by atoms with Gasteiger partial charge in [0.1, 0.15) is 11.2 Å². The van der Waals surface area contributed by atoms with Crippen molar-refractivity contribution in [1.29, 1.82) is 0 Å². The van der Waals surface area contributed by atoms with Gasteiger partial charge in [0.25, 0.3) is 5.91 Å². The van der Waals surface area contributed by atoms with Crippen LogP contribution in [0.15, 0.2) is 48.7 Å². The van der Waals surface area contributed by atoms with Crippen LogP contribution in [0.2, 0.25) is 5.02 Å². The second-order valence-electron chi connectivity index (χ2n) is 6.28. The lowest BCUT2D eigenvalue weighted by Crippen LogP contribution is -2.57. The average Bonchev–Trinajstić information content (AvgIpc) is 2.63. The molecule has 0 bridgehead atoms. The van der Waals surface area contributed by atoms with Gasteiger partial charge in [-0.25, -0.2) is 0 Å². The number of amides is 2. The molecule has 25 heavy (non-hydrogen) atoms. The number of anilines is 1. The SMILES string of the molecule is O=C(NC1(C(=O)Nc2cccc(Cl)c2)CCCCC1)c1ccccn1. The van der Waals surface area contributed by atoms with Gasteiger partial charge < -0.3 is 10.6 Å². The summed E-state index contributed by atoms with van der Waals surface area (Å²) in [5, 5.41) is 6.38. The molecular weight excluding hydrogens is 338 g/mol. The quantitative estimate of drug-likeness (QED) is 0.874. The highest BCUT2D eigenvalue weighted by Crippen LogP contribution is 2.30. The van der Waals surface area contributed by atoms with Crippen molar-refractivity contribution in [3.63, 3.8) is 0 Å². The number of benzene rings is 1. The topological polar surface area (TPSA) is 71.1 Å². The molecule has 1 aromatic heterocycles. The summed E-state index contributed by atoms with van der Waals surface area (Å²) in [5.74, 6) is -0.539. The summed E-state index contributed by atoms with van der Waals surface area (Å²) in [4.78, 5) is 29.6. The summed E-state index contributed by atoms with van der Waals surface area (Å²) >= 11 is 5.98. The molecule has 0 saturated heterocycles. The number of aromatic nitrogens is 1. The Morgan fingerprint density at radius 1 is 1.04 bits per heavy atom. The molecule has 3 rings (SSSR count). The van der Waals surface area contributed by atoms with E-state index in [4.69, 9.17) is 11.6 Å². The van der Waals surface area contributed by atoms with Crippen LogP contribution in [0.25, 0.3) is 0 Å². The lowest BCUT2D eigenvalue weighted by atomic mass is 9.80. The Hall–Kier alpha value is -2.40. The third kappa shape index (κ3) is 4.17. The molecule has 0 unspecified atom stereocenters. The molecule has 1 saturated carbocycles. The minimum atomic E-state index is -0.921. The van der Waals surface area contributed by atoms with Crippen molar-refractivity contribution in [3.05, 3.63) is 59.4 Å². The number of carbonyl (C=O) groups excluding carboxylic acids is 2. The molecule has 1 fully saturated rings. The van der Waals surface area contributed by atoms with Crippen molar-refractivity contribution in [2.45, 2.75) is 37.6 Å². The standard InChI is InChI=1S/C19H20ClN3O2/c20-14-7-6-8-15(13-14)22-18(25)19(10-3-1-4-11-19)23-17(24)16-9-2-5-12-21-16/h2,5-9,12-13H,1,3-4,10-11H2,(H,22,25)(H,23,24). The summed E-state index contributed by atoms with van der Waals surface area (Å²) in [5.41, 5.74) is 0.00682. The Morgan fingerprint density at radius 2 is 1.84 bits per heavy atom. The first-order valence-corrected chi connectivity index (χ1v) is 8.77. The molecule has 6 heteroatoms. The van der Waals surface area contributed by atoms with E-state index in [9.17, 15) is 9.59 Å². The lowest BCUT2D eigenvalue weighted by Gasteiger charge is -2.36. The predicted molar refractivity (Wildman–Crippen MR) is 97.6 cm³/mol. The third-order valence-corrected chi connectivity index (χ3v) is 4.71. The molecule has 130 valence electrons. The lowest BCUT2D eigenvalue weighted by molar-refractivity contribution is -0.123. The van der Waals surface area contributed by atoms with E-state index in [0.717, 1.165) is 19.3 Å². The molecule has 0 radical (unpaired) electrons. The number of hydrogen-bond donors (Lipinski definition) is 2. The second-order valence-corrected chi connectivity index (χ2v) is 6.71. The number of pyridine rings is 1. The first kappa shape index (κ1) is 17.4. The van der Waals surface area contributed by atoms with Crippen LogP contribution in [0.3, 0.4) is 0 Å². The first-order valence-electron chi connectivity index (χ1n) is 8.40. The fraction of sp³-hybridized carbons (Fsp3) is 0.316. The molecule has 0 atom stereocenters. The molecule has 2 amide bonds. The van der Waals surface area contributed by atoms with Crippen LogP contribution in [0, 0.1) is 0 Å². The van der Waals surface area contributed by atoms with Crippen molar-refractivity contribution in [2.24, 2.45) is 0 Å². The molecule has 2 aromatic rings. The fourth-order valence-corrected chi connectivity index (χ4v) is 3.35. The number of halogens is 1. The van der Waals surface area contributed by atoms with E-state index in [1.165, 1.54) is 0 Å². The van der Waals surface area contributed by atoms with Crippen molar-refractivity contribution in [1.82, 2.24) is 10.3 Å². The maximum Gasteiger partial charge on any atom is 0.270 e. The van der Waals surface area contributed by atoms with Crippen molar-refractivity contribution < 1.29 is 9.59 Å². The fourth-order valence-electron chi connectivity index (χ4n) is 3.16. The normalized spacial score (nSPS) is 16.0. The predicted octanol–water partition coefficient (Wildman–Crippen LogP) is 3.81. The van der Waals surface area contributed by atoms with Gasteiger partial charge in [-0.05, 0) is 43.2 Å². The van der Waals surface area contributed by atoms with Crippen molar-refractivity contribution in [3.8, 4) is 0 Å². The highest BCUT2D eigenvalue weighted by atomic mass is 35.5. The van der Waals surface area contributed by atoms with E-state index in [2.05, 4.69) is 15.6 Å². The molecule has 1 heterocycles. The average molecular weight is 358 g/mol. The van der Waals surface area contributed by atoms with Gasteiger partial charge in [0.15, 0.2) is 0 Å². The summed E-state index contributed by atoms with van der Waals surface area (Å²) in [6.07, 6.45) is 5.63. The maximum absolute atomic E-state index is 13.0. The van der Waals surface area contributed by atoms with Gasteiger partial charge in [-0.2, -0.15) is 0 Å². The maximum atomic E-state index is 13.0. The Bertz CT molecular complexity index is 758. The highest BCUT2D eigenvalue weighted by Gasteiger charge is 2.41. The van der Waals surface area contributed by atoms with Gasteiger partial charge >= 0.3 is 0 Å². The zero-order valence-electron chi connectivity index (χ0n) is 13.8. The van der Waals surface area contributed by atoms with Crippen LogP contribution in [0.5, 0.6) is 0 Å². The summed E-state index contributed by atoms with van der Waals surface area (Å²) < 4.78 is 0. The van der Waals surface area contributed by atoms with Crippen molar-refractivity contribution in [2.75, 3.05) is 5.32 Å². The summed E-state index contributed by atoms with van der Waals surface area (Å²) in [7, 11) is 0. The van der Waals surface area contributed by atoms with Gasteiger partial charge in [-0.3, -0.25) is 14.6 Å². The van der Waals surface area contributed by atoms with Gasteiger partial charge in [-0.15, -0.1) is 0 Å². The summed E-state index contributed by atoms with van der Waals surface area (Å²) in [6, 6.07) is 12.1. The number of nitrogens with one attached hydrogen (secondary N) is 2. The molecule has 0 spiro atoms. The monoisotopic (exact) mass is 357 g/mol. The van der Waals surface area contributed by atoms with Gasteiger partial charge in [-0.1, -0.05) is 43.0 Å². The van der Waals surface area contributed by atoms with Crippen LogP contribution in [0.4, 0.5) is 5.69 Å². The Morgan fingerprint density at radius 3 is 2.52 bits per heavy atom. The molecule has 2 N–H and O–H groups in total. The number of nitrogens with zero attached hydrogens (tertiary/aromatic N) is 1. The van der Waals surface area contributed by atoms with Crippen LogP contribution < -0.4 is 10.6 Å². The van der Waals surface area contributed by atoms with E-state index < -0.39 is 5.54 Å². The van der Waals surface area contributed by atoms with Crippen LogP contribution in [0.1, 0.15) is 42.6 Å². The highest BCUT2D eigenvalue weighted by molar-refractivity contribution is 6.30. The largest absolute Gasteiger partial charge is 0.336 e. The smallest absolute Gasteiger partial charge is 0.270 e. The van der Waals surface area contributed by atoms with Crippen LogP contribution in [-0.4, -0.2) is 22.3 Å². The molecule has 1 aliphatic carbocycles. The van der Waals surface area contributed by atoms with Gasteiger partial charge in [0, 0.05) is 16.9 Å². The number of carbonyl (C=O) groups is 2. The molecule has 1 aliphatic rings. The third-order valence-electron chi connectivity index (χ3n) is 4.47. The van der Waals surface area contributed by atoms with Crippen molar-refractivity contribution >= 4 is 29.1 Å². The summed E-state index contributed by atoms with van der Waals surface area (Å²) in [6.45, 7) is 0. The zero-order chi connectivity index (χ0) is 17.7. The first-order chi connectivity index (χ1) is 12.1.